The minimum Gasteiger partial charge on any atom is -0.466 e. The van der Waals surface area contributed by atoms with Gasteiger partial charge in [-0.15, -0.1) is 0 Å². The van der Waals surface area contributed by atoms with Crippen LogP contribution in [0.15, 0.2) is 40.4 Å². The van der Waals surface area contributed by atoms with Gasteiger partial charge in [-0.25, -0.2) is 13.2 Å². The molecule has 1 amide bonds. The summed E-state index contributed by atoms with van der Waals surface area (Å²) >= 11 is 0. The van der Waals surface area contributed by atoms with E-state index in [1.807, 2.05) is 5.32 Å². The molecule has 7 nitrogen and oxygen atoms in total. The van der Waals surface area contributed by atoms with Crippen molar-refractivity contribution in [1.82, 2.24) is 10.0 Å². The lowest BCUT2D eigenvalue weighted by Crippen LogP contribution is -2.65. The molecule has 0 unspecified atom stereocenters. The molecule has 0 aromatic heterocycles. The second kappa shape index (κ2) is 6.40. The third kappa shape index (κ3) is 3.07. The van der Waals surface area contributed by atoms with E-state index >= 15 is 0 Å². The van der Waals surface area contributed by atoms with Crippen molar-refractivity contribution < 1.29 is 35.9 Å². The SMILES string of the molecule is COC(=O)C1=C(C)NC(=O)[C@]1(NS(=O)(=O)c1ccc(C)cc1)C(F)(F)F. The zero-order valence-electron chi connectivity index (χ0n) is 13.9. The van der Waals surface area contributed by atoms with Gasteiger partial charge in [0.25, 0.3) is 5.91 Å². The van der Waals surface area contributed by atoms with Crippen molar-refractivity contribution in [3.8, 4) is 0 Å². The predicted octanol–water partition coefficient (Wildman–Crippen LogP) is 1.15. The molecule has 0 spiro atoms. The number of nitrogens with one attached hydrogen (secondary N) is 2. The summed E-state index contributed by atoms with van der Waals surface area (Å²) in [5.41, 5.74) is -4.73. The lowest BCUT2D eigenvalue weighted by atomic mass is 9.91. The number of carbonyl (C=O) groups excluding carboxylic acids is 2. The summed E-state index contributed by atoms with van der Waals surface area (Å²) in [5.74, 6) is -3.22. The summed E-state index contributed by atoms with van der Waals surface area (Å²) in [6.45, 7) is 2.70. The number of benzene rings is 1. The Morgan fingerprint density at radius 2 is 1.73 bits per heavy atom. The average Bonchev–Trinajstić information content (AvgIpc) is 2.77. The molecule has 0 radical (unpaired) electrons. The van der Waals surface area contributed by atoms with Crippen molar-refractivity contribution in [2.75, 3.05) is 7.11 Å². The van der Waals surface area contributed by atoms with Gasteiger partial charge in [-0.3, -0.25) is 4.79 Å². The van der Waals surface area contributed by atoms with Gasteiger partial charge in [0.1, 0.15) is 0 Å². The maximum absolute atomic E-state index is 13.9. The van der Waals surface area contributed by atoms with Crippen LogP contribution in [0.4, 0.5) is 13.2 Å². The third-order valence-electron chi connectivity index (χ3n) is 3.83. The van der Waals surface area contributed by atoms with E-state index in [4.69, 9.17) is 0 Å². The van der Waals surface area contributed by atoms with Crippen molar-refractivity contribution >= 4 is 21.9 Å². The molecule has 0 aliphatic carbocycles. The number of methoxy groups -OCH3 is 1. The van der Waals surface area contributed by atoms with Crippen molar-refractivity contribution in [2.24, 2.45) is 0 Å². The number of halogens is 3. The zero-order valence-corrected chi connectivity index (χ0v) is 14.7. The number of rotatable bonds is 4. The number of ether oxygens (including phenoxy) is 1. The molecule has 1 atom stereocenters. The van der Waals surface area contributed by atoms with E-state index in [2.05, 4.69) is 4.74 Å². The molecule has 0 fully saturated rings. The summed E-state index contributed by atoms with van der Waals surface area (Å²) in [7, 11) is -3.99. The Bertz CT molecular complexity index is 891. The van der Waals surface area contributed by atoms with Crippen LogP contribution < -0.4 is 10.0 Å². The molecule has 0 saturated carbocycles. The van der Waals surface area contributed by atoms with Gasteiger partial charge >= 0.3 is 12.1 Å². The highest BCUT2D eigenvalue weighted by Crippen LogP contribution is 2.42. The molecule has 11 heteroatoms. The topological polar surface area (TPSA) is 102 Å². The van der Waals surface area contributed by atoms with Crippen LogP contribution in [0, 0.1) is 6.92 Å². The van der Waals surface area contributed by atoms with Crippen molar-refractivity contribution in [3.63, 3.8) is 0 Å². The molecule has 1 aromatic rings. The maximum atomic E-state index is 13.9. The molecule has 0 saturated heterocycles. The molecule has 0 bridgehead atoms. The van der Waals surface area contributed by atoms with Crippen LogP contribution in [0.5, 0.6) is 0 Å². The normalized spacial score (nSPS) is 20.9. The van der Waals surface area contributed by atoms with Crippen LogP contribution in [0.25, 0.3) is 0 Å². The fraction of sp³-hybridized carbons (Fsp3) is 0.333. The highest BCUT2D eigenvalue weighted by Gasteiger charge is 2.69. The van der Waals surface area contributed by atoms with Crippen LogP contribution in [-0.4, -0.2) is 39.1 Å². The second-order valence-corrected chi connectivity index (χ2v) is 7.29. The summed E-state index contributed by atoms with van der Waals surface area (Å²) in [6.07, 6.45) is -5.45. The minimum atomic E-state index is -5.45. The highest BCUT2D eigenvalue weighted by atomic mass is 32.2. The van der Waals surface area contributed by atoms with E-state index in [0.717, 1.165) is 26.2 Å². The molecule has 2 N–H and O–H groups in total. The smallest absolute Gasteiger partial charge is 0.421 e. The number of hydrogen-bond donors (Lipinski definition) is 2. The Morgan fingerprint density at radius 3 is 2.19 bits per heavy atom. The number of sulfonamides is 1. The molecule has 1 aromatic carbocycles. The van der Waals surface area contributed by atoms with E-state index in [9.17, 15) is 31.2 Å². The van der Waals surface area contributed by atoms with E-state index < -0.39 is 49.8 Å². The van der Waals surface area contributed by atoms with Crippen LogP contribution in [-0.2, 0) is 24.3 Å². The Balaban J connectivity index is 2.67. The van der Waals surface area contributed by atoms with Crippen molar-refractivity contribution in [2.45, 2.75) is 30.5 Å². The molecular weight excluding hydrogens is 377 g/mol. The van der Waals surface area contributed by atoms with Crippen LogP contribution in [0.3, 0.4) is 0 Å². The Labute approximate surface area is 147 Å². The third-order valence-corrected chi connectivity index (χ3v) is 5.29. The van der Waals surface area contributed by atoms with Gasteiger partial charge in [0.15, 0.2) is 0 Å². The molecule has 26 heavy (non-hydrogen) atoms. The van der Waals surface area contributed by atoms with Crippen molar-refractivity contribution in [3.05, 3.63) is 41.1 Å². The van der Waals surface area contributed by atoms with Gasteiger partial charge in [-0.1, -0.05) is 17.7 Å². The molecule has 1 heterocycles. The zero-order chi connectivity index (χ0) is 19.9. The van der Waals surface area contributed by atoms with Crippen LogP contribution in [0.2, 0.25) is 0 Å². The molecule has 1 aliphatic rings. The number of aryl methyl sites for hydroxylation is 1. The number of hydrogen-bond acceptors (Lipinski definition) is 5. The van der Waals surface area contributed by atoms with Crippen LogP contribution in [0.1, 0.15) is 12.5 Å². The number of allylic oxidation sites excluding steroid dienone is 1. The fourth-order valence-electron chi connectivity index (χ4n) is 2.53. The first-order valence-corrected chi connectivity index (χ1v) is 8.63. The maximum Gasteiger partial charge on any atom is 0.421 e. The van der Waals surface area contributed by atoms with E-state index in [0.29, 0.717) is 5.56 Å². The number of esters is 1. The quantitative estimate of drug-likeness (QED) is 0.749. The van der Waals surface area contributed by atoms with Gasteiger partial charge in [0, 0.05) is 5.70 Å². The number of amides is 1. The molecule has 1 aliphatic heterocycles. The lowest BCUT2D eigenvalue weighted by Gasteiger charge is -2.31. The Hall–Kier alpha value is -2.40. The summed E-state index contributed by atoms with van der Waals surface area (Å²) in [6, 6.07) is 4.93. The number of alkyl halides is 3. The molecule has 142 valence electrons. The van der Waals surface area contributed by atoms with Crippen LogP contribution >= 0.6 is 0 Å². The molecule has 2 rings (SSSR count). The highest BCUT2D eigenvalue weighted by molar-refractivity contribution is 7.89. The molecular formula is C15H15F3N2O5S. The van der Waals surface area contributed by atoms with Crippen molar-refractivity contribution in [1.29, 1.82) is 0 Å². The van der Waals surface area contributed by atoms with Gasteiger partial charge < -0.3 is 10.1 Å². The standard InChI is InChI=1S/C15H15F3N2O5S/c1-8-4-6-10(7-5-8)26(23,24)20-14(15(16,17)18)11(12(21)25-3)9(2)19-13(14)22/h4-7,20H,1-3H3,(H,19,22)/t14-/m0/s1. The number of carbonyl (C=O) groups is 2. The minimum absolute atomic E-state index is 0.453. The first-order chi connectivity index (χ1) is 11.9. The second-order valence-electron chi connectivity index (χ2n) is 5.61. The summed E-state index contributed by atoms with van der Waals surface area (Å²) in [5, 5.41) is 1.86. The van der Waals surface area contributed by atoms with Gasteiger partial charge in [-0.2, -0.15) is 17.9 Å². The van der Waals surface area contributed by atoms with E-state index in [1.54, 1.807) is 6.92 Å². The van der Waals surface area contributed by atoms with Gasteiger partial charge in [0.05, 0.1) is 17.6 Å². The fourth-order valence-corrected chi connectivity index (χ4v) is 3.86. The largest absolute Gasteiger partial charge is 0.466 e. The first kappa shape index (κ1) is 19.9. The van der Waals surface area contributed by atoms with E-state index in [-0.39, 0.29) is 0 Å². The first-order valence-electron chi connectivity index (χ1n) is 7.15. The summed E-state index contributed by atoms with van der Waals surface area (Å²) < 4.78 is 72.3. The lowest BCUT2D eigenvalue weighted by molar-refractivity contribution is -0.186. The predicted molar refractivity (Wildman–Crippen MR) is 83.1 cm³/mol. The monoisotopic (exact) mass is 392 g/mol. The van der Waals surface area contributed by atoms with Gasteiger partial charge in [0.2, 0.25) is 15.6 Å². The summed E-state index contributed by atoms with van der Waals surface area (Å²) in [4.78, 5) is 23.5. The Morgan fingerprint density at radius 1 is 1.19 bits per heavy atom. The van der Waals surface area contributed by atoms with Gasteiger partial charge in [-0.05, 0) is 26.0 Å². The average molecular weight is 392 g/mol. The Kier molecular flexibility index (Phi) is 4.90. The van der Waals surface area contributed by atoms with E-state index in [1.165, 1.54) is 16.9 Å².